The molecule has 4 rings (SSSR count). The van der Waals surface area contributed by atoms with Crippen LogP contribution in [0.15, 0.2) is 53.4 Å². The Kier molecular flexibility index (Phi) is 7.51. The zero-order chi connectivity index (χ0) is 23.4. The molecule has 33 heavy (non-hydrogen) atoms. The van der Waals surface area contributed by atoms with Crippen LogP contribution in [0, 0.1) is 6.92 Å². The Bertz CT molecular complexity index is 1050. The van der Waals surface area contributed by atoms with E-state index in [2.05, 4.69) is 36.1 Å². The van der Waals surface area contributed by atoms with Gasteiger partial charge in [0.05, 0.1) is 4.90 Å². The van der Waals surface area contributed by atoms with E-state index in [1.807, 2.05) is 4.90 Å². The lowest BCUT2D eigenvalue weighted by atomic mass is 9.96. The molecular weight excluding hydrogens is 434 g/mol. The largest absolute Gasteiger partial charge is 0.336 e. The van der Waals surface area contributed by atoms with Gasteiger partial charge in [-0.25, -0.2) is 8.42 Å². The van der Waals surface area contributed by atoms with Gasteiger partial charge in [-0.15, -0.1) is 0 Å². The maximum absolute atomic E-state index is 13.0. The fraction of sp³-hybridized carbons (Fsp3) is 0.500. The topological polar surface area (TPSA) is 60.9 Å². The highest BCUT2D eigenvalue weighted by Crippen LogP contribution is 2.26. The van der Waals surface area contributed by atoms with Crippen LogP contribution >= 0.6 is 0 Å². The van der Waals surface area contributed by atoms with E-state index in [4.69, 9.17) is 0 Å². The molecule has 1 aliphatic carbocycles. The van der Waals surface area contributed by atoms with E-state index in [1.165, 1.54) is 21.9 Å². The predicted molar refractivity (Wildman–Crippen MR) is 131 cm³/mol. The summed E-state index contributed by atoms with van der Waals surface area (Å²) in [6, 6.07) is 15.1. The van der Waals surface area contributed by atoms with E-state index in [9.17, 15) is 13.2 Å². The molecule has 2 aliphatic rings. The van der Waals surface area contributed by atoms with Crippen molar-refractivity contribution in [2.24, 2.45) is 0 Å². The Morgan fingerprint density at radius 3 is 2.27 bits per heavy atom. The second-order valence-electron chi connectivity index (χ2n) is 9.39. The number of amides is 1. The van der Waals surface area contributed by atoms with Gasteiger partial charge in [-0.3, -0.25) is 9.69 Å². The summed E-state index contributed by atoms with van der Waals surface area (Å²) in [5.41, 5.74) is 3.10. The second kappa shape index (κ2) is 10.4. The highest BCUT2D eigenvalue weighted by Gasteiger charge is 2.29. The number of hydrogen-bond donors (Lipinski definition) is 0. The molecule has 7 heteroatoms. The highest BCUT2D eigenvalue weighted by molar-refractivity contribution is 7.89. The first-order valence-electron chi connectivity index (χ1n) is 12.0. The van der Waals surface area contributed by atoms with Crippen LogP contribution in [0.4, 0.5) is 0 Å². The van der Waals surface area contributed by atoms with Gasteiger partial charge in [0.2, 0.25) is 10.0 Å². The van der Waals surface area contributed by atoms with Crippen molar-refractivity contribution in [2.45, 2.75) is 56.5 Å². The molecule has 1 saturated carbocycles. The normalized spacial score (nSPS) is 18.6. The monoisotopic (exact) mass is 469 g/mol. The Hall–Kier alpha value is -2.22. The molecule has 2 fully saturated rings. The van der Waals surface area contributed by atoms with Crippen molar-refractivity contribution in [2.75, 3.05) is 33.2 Å². The summed E-state index contributed by atoms with van der Waals surface area (Å²) in [7, 11) is -1.86. The molecule has 1 amide bonds. The number of piperazine rings is 1. The van der Waals surface area contributed by atoms with Crippen molar-refractivity contribution in [3.63, 3.8) is 0 Å². The number of rotatable bonds is 6. The van der Waals surface area contributed by atoms with Crippen LogP contribution in [0.1, 0.15) is 53.6 Å². The molecule has 6 nitrogen and oxygen atoms in total. The maximum atomic E-state index is 13.0. The minimum absolute atomic E-state index is 0.0326. The maximum Gasteiger partial charge on any atom is 0.253 e. The minimum Gasteiger partial charge on any atom is -0.336 e. The first kappa shape index (κ1) is 23.9. The van der Waals surface area contributed by atoms with Gasteiger partial charge in [0.15, 0.2) is 0 Å². The summed E-state index contributed by atoms with van der Waals surface area (Å²) in [6.07, 6.45) is 5.18. The summed E-state index contributed by atoms with van der Waals surface area (Å²) >= 11 is 0. The Labute approximate surface area is 198 Å². The van der Waals surface area contributed by atoms with Crippen molar-refractivity contribution in [1.29, 1.82) is 0 Å². The third-order valence-corrected chi connectivity index (χ3v) is 8.94. The molecule has 0 N–H and O–H groups in total. The van der Waals surface area contributed by atoms with Crippen LogP contribution < -0.4 is 0 Å². The smallest absolute Gasteiger partial charge is 0.253 e. The summed E-state index contributed by atoms with van der Waals surface area (Å²) < 4.78 is 27.6. The van der Waals surface area contributed by atoms with Crippen LogP contribution in [0.25, 0.3) is 0 Å². The van der Waals surface area contributed by atoms with E-state index in [0.717, 1.165) is 45.3 Å². The van der Waals surface area contributed by atoms with Crippen LogP contribution in [0.3, 0.4) is 0 Å². The number of aryl methyl sites for hydroxylation is 1. The highest BCUT2D eigenvalue weighted by atomic mass is 32.2. The van der Waals surface area contributed by atoms with Gasteiger partial charge in [-0.1, -0.05) is 49.1 Å². The molecule has 1 saturated heterocycles. The number of nitrogens with zero attached hydrogens (tertiary/aromatic N) is 3. The summed E-state index contributed by atoms with van der Waals surface area (Å²) in [5.74, 6) is -0.0326. The lowest BCUT2D eigenvalue weighted by molar-refractivity contribution is 0.0628. The number of carbonyl (C=O) groups excluding carboxylic acids is 1. The lowest BCUT2D eigenvalue weighted by Crippen LogP contribution is -2.48. The van der Waals surface area contributed by atoms with Crippen LogP contribution in [0.5, 0.6) is 0 Å². The van der Waals surface area contributed by atoms with Gasteiger partial charge in [0.25, 0.3) is 5.91 Å². The minimum atomic E-state index is -3.54. The van der Waals surface area contributed by atoms with E-state index in [-0.39, 0.29) is 16.8 Å². The van der Waals surface area contributed by atoms with Gasteiger partial charge in [0.1, 0.15) is 0 Å². The third-order valence-electron chi connectivity index (χ3n) is 7.02. The lowest BCUT2D eigenvalue weighted by Gasteiger charge is -2.35. The SMILES string of the molecule is Cc1cccc(CN2CCN(C(=O)c3ccc(S(=O)(=O)N(C)C4CCCCC4)cc3)CC2)c1. The summed E-state index contributed by atoms with van der Waals surface area (Å²) in [5, 5.41) is 0. The van der Waals surface area contributed by atoms with Crippen molar-refractivity contribution in [1.82, 2.24) is 14.1 Å². The Morgan fingerprint density at radius 1 is 0.970 bits per heavy atom. The third kappa shape index (κ3) is 5.65. The first-order chi connectivity index (χ1) is 15.8. The quantitative estimate of drug-likeness (QED) is 0.644. The number of hydrogen-bond acceptors (Lipinski definition) is 4. The standard InChI is InChI=1S/C26H35N3O3S/c1-21-7-6-8-22(19-21)20-28-15-17-29(18-16-28)26(30)23-11-13-25(14-12-23)33(31,32)27(2)24-9-4-3-5-10-24/h6-8,11-14,19,24H,3-5,9-10,15-18,20H2,1-2H3. The number of benzene rings is 2. The fourth-order valence-electron chi connectivity index (χ4n) is 4.94. The molecule has 0 aromatic heterocycles. The number of sulfonamides is 1. The molecule has 178 valence electrons. The first-order valence-corrected chi connectivity index (χ1v) is 13.4. The average molecular weight is 470 g/mol. The van der Waals surface area contributed by atoms with E-state index >= 15 is 0 Å². The molecular formula is C26H35N3O3S. The zero-order valence-electron chi connectivity index (χ0n) is 19.7. The van der Waals surface area contributed by atoms with Crippen molar-refractivity contribution < 1.29 is 13.2 Å². The van der Waals surface area contributed by atoms with Crippen LogP contribution in [0.2, 0.25) is 0 Å². The van der Waals surface area contributed by atoms with Gasteiger partial charge in [-0.2, -0.15) is 4.31 Å². The molecule has 1 aliphatic heterocycles. The van der Waals surface area contributed by atoms with E-state index < -0.39 is 10.0 Å². The molecule has 2 aromatic carbocycles. The molecule has 1 heterocycles. The van der Waals surface area contributed by atoms with E-state index in [1.54, 1.807) is 31.3 Å². The Morgan fingerprint density at radius 2 is 1.64 bits per heavy atom. The summed E-state index contributed by atoms with van der Waals surface area (Å²) in [6.45, 7) is 6.01. The molecule has 0 bridgehead atoms. The zero-order valence-corrected chi connectivity index (χ0v) is 20.6. The molecule has 2 aromatic rings. The van der Waals surface area contributed by atoms with Gasteiger partial charge >= 0.3 is 0 Å². The number of carbonyl (C=O) groups is 1. The fourth-order valence-corrected chi connectivity index (χ4v) is 6.35. The van der Waals surface area contributed by atoms with E-state index in [0.29, 0.717) is 18.7 Å². The van der Waals surface area contributed by atoms with Crippen LogP contribution in [-0.2, 0) is 16.6 Å². The van der Waals surface area contributed by atoms with Crippen LogP contribution in [-0.4, -0.2) is 67.7 Å². The molecule has 0 spiro atoms. The molecule has 0 radical (unpaired) electrons. The van der Waals surface area contributed by atoms with Gasteiger partial charge in [0, 0.05) is 51.4 Å². The van der Waals surface area contributed by atoms with Gasteiger partial charge < -0.3 is 4.90 Å². The Balaban J connectivity index is 1.34. The van der Waals surface area contributed by atoms with Gasteiger partial charge in [-0.05, 0) is 49.6 Å². The average Bonchev–Trinajstić information content (AvgIpc) is 2.84. The van der Waals surface area contributed by atoms with Crippen molar-refractivity contribution in [3.8, 4) is 0 Å². The molecule has 0 unspecified atom stereocenters. The predicted octanol–water partition coefficient (Wildman–Crippen LogP) is 3.91. The van der Waals surface area contributed by atoms with Crippen molar-refractivity contribution in [3.05, 3.63) is 65.2 Å². The second-order valence-corrected chi connectivity index (χ2v) is 11.4. The van der Waals surface area contributed by atoms with Crippen molar-refractivity contribution >= 4 is 15.9 Å². The molecule has 0 atom stereocenters. The summed E-state index contributed by atoms with van der Waals surface area (Å²) in [4.78, 5) is 17.5.